The standard InChI is InChI=1S/C10H11N3O2/c1-11-10-12-7-4-3-6(9(14)15)5-8(7)13(10)2/h3-5H,1-2H3,(H,11,12)(H,14,15). The number of aromatic nitrogens is 2. The van der Waals surface area contributed by atoms with Crippen molar-refractivity contribution in [2.75, 3.05) is 12.4 Å². The van der Waals surface area contributed by atoms with E-state index in [0.29, 0.717) is 5.95 Å². The maximum Gasteiger partial charge on any atom is 0.335 e. The van der Waals surface area contributed by atoms with Crippen molar-refractivity contribution in [1.82, 2.24) is 9.55 Å². The molecule has 0 radical (unpaired) electrons. The van der Waals surface area contributed by atoms with Gasteiger partial charge in [-0.05, 0) is 18.2 Å². The highest BCUT2D eigenvalue weighted by Gasteiger charge is 2.09. The molecule has 2 rings (SSSR count). The first kappa shape index (κ1) is 9.51. The summed E-state index contributed by atoms with van der Waals surface area (Å²) < 4.78 is 1.82. The predicted molar refractivity (Wildman–Crippen MR) is 57.2 cm³/mol. The Bertz CT molecular complexity index is 531. The third kappa shape index (κ3) is 1.41. The van der Waals surface area contributed by atoms with Gasteiger partial charge in [-0.2, -0.15) is 0 Å². The molecule has 2 N–H and O–H groups in total. The number of benzene rings is 1. The van der Waals surface area contributed by atoms with Crippen molar-refractivity contribution in [3.8, 4) is 0 Å². The molecule has 1 aromatic heterocycles. The molecule has 0 saturated carbocycles. The second-order valence-corrected chi connectivity index (χ2v) is 3.25. The Morgan fingerprint density at radius 2 is 2.27 bits per heavy atom. The lowest BCUT2D eigenvalue weighted by atomic mass is 10.2. The zero-order valence-electron chi connectivity index (χ0n) is 8.48. The number of aryl methyl sites for hydroxylation is 1. The fourth-order valence-electron chi connectivity index (χ4n) is 1.55. The van der Waals surface area contributed by atoms with Gasteiger partial charge in [-0.15, -0.1) is 0 Å². The number of rotatable bonds is 2. The van der Waals surface area contributed by atoms with Crippen LogP contribution in [0.15, 0.2) is 18.2 Å². The van der Waals surface area contributed by atoms with Gasteiger partial charge in [-0.3, -0.25) is 0 Å². The molecule has 1 aromatic carbocycles. The summed E-state index contributed by atoms with van der Waals surface area (Å²) in [5.74, 6) is -0.211. The lowest BCUT2D eigenvalue weighted by molar-refractivity contribution is 0.0697. The fourth-order valence-corrected chi connectivity index (χ4v) is 1.55. The van der Waals surface area contributed by atoms with Crippen LogP contribution < -0.4 is 5.32 Å². The van der Waals surface area contributed by atoms with Crippen molar-refractivity contribution in [2.24, 2.45) is 7.05 Å². The van der Waals surface area contributed by atoms with Gasteiger partial charge in [-0.25, -0.2) is 9.78 Å². The summed E-state index contributed by atoms with van der Waals surface area (Å²) in [6.45, 7) is 0. The van der Waals surface area contributed by atoms with Gasteiger partial charge in [0.2, 0.25) is 5.95 Å². The quantitative estimate of drug-likeness (QED) is 0.775. The van der Waals surface area contributed by atoms with Crippen molar-refractivity contribution in [3.63, 3.8) is 0 Å². The summed E-state index contributed by atoms with van der Waals surface area (Å²) in [6.07, 6.45) is 0. The highest BCUT2D eigenvalue weighted by atomic mass is 16.4. The van der Waals surface area contributed by atoms with Gasteiger partial charge in [0.25, 0.3) is 0 Å². The number of aromatic carboxylic acids is 1. The number of anilines is 1. The Labute approximate surface area is 86.4 Å². The molecule has 0 amide bonds. The number of hydrogen-bond donors (Lipinski definition) is 2. The van der Waals surface area contributed by atoms with Crippen LogP contribution in [-0.4, -0.2) is 27.7 Å². The van der Waals surface area contributed by atoms with Crippen LogP contribution in [0.1, 0.15) is 10.4 Å². The van der Waals surface area contributed by atoms with Gasteiger partial charge < -0.3 is 15.0 Å². The third-order valence-electron chi connectivity index (χ3n) is 2.35. The van der Waals surface area contributed by atoms with Crippen molar-refractivity contribution in [1.29, 1.82) is 0 Å². The molecule has 5 heteroatoms. The molecule has 1 heterocycles. The largest absolute Gasteiger partial charge is 0.478 e. The van der Waals surface area contributed by atoms with Crippen LogP contribution in [-0.2, 0) is 7.05 Å². The van der Waals surface area contributed by atoms with Crippen LogP contribution in [0.4, 0.5) is 5.95 Å². The van der Waals surface area contributed by atoms with Gasteiger partial charge in [0.1, 0.15) is 0 Å². The average Bonchev–Trinajstić information content (AvgIpc) is 2.55. The Hall–Kier alpha value is -2.04. The first-order chi connectivity index (χ1) is 7.13. The first-order valence-electron chi connectivity index (χ1n) is 4.51. The maximum absolute atomic E-state index is 10.8. The van der Waals surface area contributed by atoms with E-state index in [-0.39, 0.29) is 5.56 Å². The summed E-state index contributed by atoms with van der Waals surface area (Å²) in [5.41, 5.74) is 1.86. The molecule has 0 aliphatic heterocycles. The molecule has 78 valence electrons. The fraction of sp³-hybridized carbons (Fsp3) is 0.200. The van der Waals surface area contributed by atoms with Crippen molar-refractivity contribution in [2.45, 2.75) is 0 Å². The normalized spacial score (nSPS) is 10.5. The van der Waals surface area contributed by atoms with E-state index in [1.165, 1.54) is 0 Å². The van der Waals surface area contributed by atoms with Crippen molar-refractivity contribution >= 4 is 23.0 Å². The van der Waals surface area contributed by atoms with Gasteiger partial charge in [-0.1, -0.05) is 0 Å². The van der Waals surface area contributed by atoms with E-state index in [1.54, 1.807) is 25.2 Å². The summed E-state index contributed by atoms with van der Waals surface area (Å²) in [4.78, 5) is 15.1. The number of nitrogens with zero attached hydrogens (tertiary/aromatic N) is 2. The molecule has 0 unspecified atom stereocenters. The minimum Gasteiger partial charge on any atom is -0.478 e. The number of hydrogen-bond acceptors (Lipinski definition) is 3. The number of imidazole rings is 1. The van der Waals surface area contributed by atoms with Crippen LogP contribution in [0.2, 0.25) is 0 Å². The second kappa shape index (κ2) is 3.27. The van der Waals surface area contributed by atoms with Crippen LogP contribution in [0.5, 0.6) is 0 Å². The van der Waals surface area contributed by atoms with Crippen LogP contribution >= 0.6 is 0 Å². The summed E-state index contributed by atoms with van der Waals surface area (Å²) in [5, 5.41) is 11.8. The van der Waals surface area contributed by atoms with Crippen molar-refractivity contribution in [3.05, 3.63) is 23.8 Å². The zero-order chi connectivity index (χ0) is 11.0. The minimum atomic E-state index is -0.927. The van der Waals surface area contributed by atoms with Gasteiger partial charge in [0.05, 0.1) is 16.6 Å². The Morgan fingerprint density at radius 3 is 2.87 bits per heavy atom. The van der Waals surface area contributed by atoms with Gasteiger partial charge >= 0.3 is 5.97 Å². The van der Waals surface area contributed by atoms with Crippen LogP contribution in [0.25, 0.3) is 11.0 Å². The summed E-state index contributed by atoms with van der Waals surface area (Å²) >= 11 is 0. The Kier molecular flexibility index (Phi) is 2.07. The van der Waals surface area contributed by atoms with Crippen LogP contribution in [0, 0.1) is 0 Å². The van der Waals surface area contributed by atoms with E-state index in [4.69, 9.17) is 5.11 Å². The molecular formula is C10H11N3O2. The molecule has 0 saturated heterocycles. The van der Waals surface area contributed by atoms with E-state index >= 15 is 0 Å². The molecule has 2 aromatic rings. The molecule has 5 nitrogen and oxygen atoms in total. The number of fused-ring (bicyclic) bond motifs is 1. The van der Waals surface area contributed by atoms with E-state index < -0.39 is 5.97 Å². The molecule has 0 aliphatic carbocycles. The topological polar surface area (TPSA) is 67.2 Å². The highest BCUT2D eigenvalue weighted by molar-refractivity contribution is 5.93. The Balaban J connectivity index is 2.70. The predicted octanol–water partition coefficient (Wildman–Crippen LogP) is 1.31. The van der Waals surface area contributed by atoms with E-state index in [2.05, 4.69) is 10.3 Å². The van der Waals surface area contributed by atoms with Gasteiger partial charge in [0.15, 0.2) is 0 Å². The summed E-state index contributed by atoms with van der Waals surface area (Å²) in [7, 11) is 3.62. The zero-order valence-corrected chi connectivity index (χ0v) is 8.48. The molecule has 0 bridgehead atoms. The number of carboxylic acid groups (broad SMARTS) is 1. The molecule has 0 atom stereocenters. The monoisotopic (exact) mass is 205 g/mol. The summed E-state index contributed by atoms with van der Waals surface area (Å²) in [6, 6.07) is 4.88. The van der Waals surface area contributed by atoms with Crippen LogP contribution in [0.3, 0.4) is 0 Å². The first-order valence-corrected chi connectivity index (χ1v) is 4.51. The van der Waals surface area contributed by atoms with E-state index in [0.717, 1.165) is 11.0 Å². The minimum absolute atomic E-state index is 0.271. The number of nitrogens with one attached hydrogen (secondary N) is 1. The lowest BCUT2D eigenvalue weighted by Crippen LogP contribution is -1.99. The maximum atomic E-state index is 10.8. The SMILES string of the molecule is CNc1nc2ccc(C(=O)O)cc2n1C. The number of carbonyl (C=O) groups is 1. The second-order valence-electron chi connectivity index (χ2n) is 3.25. The molecule has 0 spiro atoms. The number of carboxylic acids is 1. The Morgan fingerprint density at radius 1 is 1.53 bits per heavy atom. The molecular weight excluding hydrogens is 194 g/mol. The smallest absolute Gasteiger partial charge is 0.335 e. The molecule has 0 aliphatic rings. The molecule has 15 heavy (non-hydrogen) atoms. The molecule has 0 fully saturated rings. The van der Waals surface area contributed by atoms with Gasteiger partial charge in [0, 0.05) is 14.1 Å². The van der Waals surface area contributed by atoms with E-state index in [9.17, 15) is 4.79 Å². The van der Waals surface area contributed by atoms with Crippen molar-refractivity contribution < 1.29 is 9.90 Å². The highest BCUT2D eigenvalue weighted by Crippen LogP contribution is 2.19. The van der Waals surface area contributed by atoms with E-state index in [1.807, 2.05) is 11.6 Å². The average molecular weight is 205 g/mol. The lowest BCUT2D eigenvalue weighted by Gasteiger charge is -2.00. The third-order valence-corrected chi connectivity index (χ3v) is 2.35.